The van der Waals surface area contributed by atoms with E-state index in [1.165, 1.54) is 29.4 Å². The van der Waals surface area contributed by atoms with E-state index in [1.807, 2.05) is 0 Å². The predicted octanol–water partition coefficient (Wildman–Crippen LogP) is 2.30. The van der Waals surface area contributed by atoms with Gasteiger partial charge in [0, 0.05) is 29.6 Å². The lowest BCUT2D eigenvalue weighted by atomic mass is 10.4. The van der Waals surface area contributed by atoms with Crippen LogP contribution in [-0.4, -0.2) is 39.3 Å². The first kappa shape index (κ1) is 11.1. The summed E-state index contributed by atoms with van der Waals surface area (Å²) in [6, 6.07) is 0. The number of hydrogen-bond acceptors (Lipinski definition) is 4. The van der Waals surface area contributed by atoms with Crippen molar-refractivity contribution < 1.29 is 5.11 Å². The van der Waals surface area contributed by atoms with E-state index >= 15 is 0 Å². The largest absolute Gasteiger partial charge is 0.396 e. The number of thioether (sulfide) groups is 3. The Bertz CT molecular complexity index is 99.7. The second-order valence-electron chi connectivity index (χ2n) is 2.65. The van der Waals surface area contributed by atoms with Crippen LogP contribution in [0, 0.1) is 0 Å². The molecule has 1 aliphatic rings. The molecular weight excluding hydrogens is 208 g/mol. The van der Waals surface area contributed by atoms with Crippen molar-refractivity contribution in [1.29, 1.82) is 0 Å². The molecule has 0 aromatic heterocycles. The first-order valence-corrected chi connectivity index (χ1v) is 7.60. The van der Waals surface area contributed by atoms with Crippen molar-refractivity contribution in [3.8, 4) is 0 Å². The van der Waals surface area contributed by atoms with Gasteiger partial charge in [-0.3, -0.25) is 0 Å². The summed E-state index contributed by atoms with van der Waals surface area (Å²) in [4.78, 5) is 0. The predicted molar refractivity (Wildman–Crippen MR) is 62.3 cm³/mol. The van der Waals surface area contributed by atoms with E-state index in [0.717, 1.165) is 11.0 Å². The summed E-state index contributed by atoms with van der Waals surface area (Å²) < 4.78 is 0.748. The van der Waals surface area contributed by atoms with Gasteiger partial charge >= 0.3 is 0 Å². The van der Waals surface area contributed by atoms with Crippen LogP contribution >= 0.6 is 35.3 Å². The molecule has 1 aliphatic heterocycles. The molecule has 0 spiro atoms. The molecule has 0 aliphatic carbocycles. The van der Waals surface area contributed by atoms with Gasteiger partial charge in [0.2, 0.25) is 0 Å². The van der Waals surface area contributed by atoms with Crippen LogP contribution in [0.15, 0.2) is 0 Å². The quantitative estimate of drug-likeness (QED) is 0.793. The molecule has 12 heavy (non-hydrogen) atoms. The molecule has 0 amide bonds. The molecule has 0 saturated carbocycles. The van der Waals surface area contributed by atoms with Crippen LogP contribution in [0.2, 0.25) is 0 Å². The molecule has 1 heterocycles. The zero-order valence-electron chi connectivity index (χ0n) is 7.20. The van der Waals surface area contributed by atoms with Gasteiger partial charge in [0.25, 0.3) is 0 Å². The van der Waals surface area contributed by atoms with Crippen molar-refractivity contribution in [3.05, 3.63) is 0 Å². The molecule has 0 aromatic rings. The van der Waals surface area contributed by atoms with Crippen molar-refractivity contribution in [1.82, 2.24) is 0 Å². The maximum absolute atomic E-state index is 8.70. The van der Waals surface area contributed by atoms with Gasteiger partial charge in [-0.15, -0.1) is 23.5 Å². The van der Waals surface area contributed by atoms with Crippen molar-refractivity contribution in [3.63, 3.8) is 0 Å². The Morgan fingerprint density at radius 1 is 1.08 bits per heavy atom. The van der Waals surface area contributed by atoms with E-state index < -0.39 is 0 Å². The number of hydrogen-bond donors (Lipinski definition) is 1. The monoisotopic (exact) mass is 224 g/mol. The molecule has 1 saturated heterocycles. The summed E-state index contributed by atoms with van der Waals surface area (Å²) >= 11 is 6.20. The van der Waals surface area contributed by atoms with Gasteiger partial charge in [0.15, 0.2) is 0 Å². The summed E-state index contributed by atoms with van der Waals surface area (Å²) in [6.45, 7) is 0.354. The van der Waals surface area contributed by atoms with Crippen molar-refractivity contribution in [2.24, 2.45) is 0 Å². The maximum Gasteiger partial charge on any atom is 0.0503 e. The van der Waals surface area contributed by atoms with E-state index in [-0.39, 0.29) is 0 Å². The maximum atomic E-state index is 8.70. The summed E-state index contributed by atoms with van der Waals surface area (Å²) in [7, 11) is 0. The van der Waals surface area contributed by atoms with E-state index in [1.54, 1.807) is 0 Å². The first-order chi connectivity index (χ1) is 5.93. The highest BCUT2D eigenvalue weighted by atomic mass is 32.2. The Morgan fingerprint density at radius 3 is 2.33 bits per heavy atom. The summed E-state index contributed by atoms with van der Waals surface area (Å²) in [5, 5.41) is 8.70. The normalized spacial score (nSPS) is 21.8. The minimum absolute atomic E-state index is 0.354. The van der Waals surface area contributed by atoms with Gasteiger partial charge in [-0.2, -0.15) is 11.8 Å². The molecule has 72 valence electrons. The number of rotatable bonds is 3. The highest BCUT2D eigenvalue weighted by Crippen LogP contribution is 2.31. The van der Waals surface area contributed by atoms with Gasteiger partial charge in [0.05, 0.1) is 4.58 Å². The zero-order valence-corrected chi connectivity index (χ0v) is 9.65. The lowest BCUT2D eigenvalue weighted by molar-refractivity contribution is 0.286. The zero-order chi connectivity index (χ0) is 8.65. The fourth-order valence-corrected chi connectivity index (χ4v) is 5.12. The number of aliphatic hydroxyl groups excluding tert-OH is 1. The fourth-order valence-electron chi connectivity index (χ4n) is 1.05. The van der Waals surface area contributed by atoms with Crippen LogP contribution in [0.1, 0.15) is 12.8 Å². The third-order valence-electron chi connectivity index (χ3n) is 1.66. The number of aliphatic hydroxyl groups is 1. The molecule has 4 heteroatoms. The Balaban J connectivity index is 2.11. The van der Waals surface area contributed by atoms with Crippen molar-refractivity contribution in [2.45, 2.75) is 17.4 Å². The third-order valence-corrected chi connectivity index (χ3v) is 6.07. The molecule has 0 unspecified atom stereocenters. The molecular formula is C8H16OS3. The molecule has 1 fully saturated rings. The second kappa shape index (κ2) is 7.42. The SMILES string of the molecule is OCCCC1SCCSCCS1. The minimum atomic E-state index is 0.354. The summed E-state index contributed by atoms with van der Waals surface area (Å²) in [5.41, 5.74) is 0. The second-order valence-corrected chi connectivity index (χ2v) is 6.79. The third kappa shape index (κ3) is 4.90. The Kier molecular flexibility index (Phi) is 6.85. The van der Waals surface area contributed by atoms with Crippen molar-refractivity contribution >= 4 is 35.3 Å². The van der Waals surface area contributed by atoms with Gasteiger partial charge in [0.1, 0.15) is 0 Å². The van der Waals surface area contributed by atoms with Crippen LogP contribution in [0.4, 0.5) is 0 Å². The van der Waals surface area contributed by atoms with Gasteiger partial charge < -0.3 is 5.11 Å². The molecule has 0 radical (unpaired) electrons. The Hall–Kier alpha value is 1.01. The van der Waals surface area contributed by atoms with E-state index in [2.05, 4.69) is 35.3 Å². The molecule has 1 N–H and O–H groups in total. The standard InChI is InChI=1S/C8H16OS3/c9-3-1-2-8-11-6-4-10-5-7-12-8/h8-9H,1-7H2. The molecule has 1 rings (SSSR count). The van der Waals surface area contributed by atoms with Crippen LogP contribution in [0.5, 0.6) is 0 Å². The molecule has 0 atom stereocenters. The Labute approximate surface area is 87.5 Å². The van der Waals surface area contributed by atoms with E-state index in [4.69, 9.17) is 5.11 Å². The van der Waals surface area contributed by atoms with Crippen LogP contribution in [-0.2, 0) is 0 Å². The smallest absolute Gasteiger partial charge is 0.0503 e. The highest BCUT2D eigenvalue weighted by Gasteiger charge is 2.11. The fraction of sp³-hybridized carbons (Fsp3) is 1.00. The lowest BCUT2D eigenvalue weighted by Crippen LogP contribution is -2.06. The van der Waals surface area contributed by atoms with Gasteiger partial charge in [-0.1, -0.05) is 0 Å². The molecule has 0 aromatic carbocycles. The molecule has 1 nitrogen and oxygen atoms in total. The lowest BCUT2D eigenvalue weighted by Gasteiger charge is -2.18. The van der Waals surface area contributed by atoms with Gasteiger partial charge in [-0.05, 0) is 12.8 Å². The van der Waals surface area contributed by atoms with E-state index in [0.29, 0.717) is 6.61 Å². The average Bonchev–Trinajstić information content (AvgIpc) is 2.02. The highest BCUT2D eigenvalue weighted by molar-refractivity contribution is 8.18. The average molecular weight is 224 g/mol. The topological polar surface area (TPSA) is 20.2 Å². The summed E-state index contributed by atoms with van der Waals surface area (Å²) in [6.07, 6.45) is 2.15. The summed E-state index contributed by atoms with van der Waals surface area (Å²) in [5.74, 6) is 5.18. The van der Waals surface area contributed by atoms with Crippen molar-refractivity contribution in [2.75, 3.05) is 29.6 Å². The van der Waals surface area contributed by atoms with E-state index in [9.17, 15) is 0 Å². The molecule has 0 bridgehead atoms. The van der Waals surface area contributed by atoms with Crippen LogP contribution in [0.3, 0.4) is 0 Å². The van der Waals surface area contributed by atoms with Crippen LogP contribution < -0.4 is 0 Å². The minimum Gasteiger partial charge on any atom is -0.396 e. The Morgan fingerprint density at radius 2 is 1.75 bits per heavy atom. The first-order valence-electron chi connectivity index (χ1n) is 4.35. The van der Waals surface area contributed by atoms with Gasteiger partial charge in [-0.25, -0.2) is 0 Å². The van der Waals surface area contributed by atoms with Crippen LogP contribution in [0.25, 0.3) is 0 Å².